The molecule has 4 nitrogen and oxygen atoms in total. The van der Waals surface area contributed by atoms with E-state index in [4.69, 9.17) is 10.6 Å². The predicted octanol–water partition coefficient (Wildman–Crippen LogP) is 1.39. The molecule has 2 aliphatic rings. The largest absolute Gasteiger partial charge is 0.496 e. The van der Waals surface area contributed by atoms with E-state index in [1.165, 1.54) is 32.4 Å². The van der Waals surface area contributed by atoms with Crippen molar-refractivity contribution in [3.05, 3.63) is 11.8 Å². The molecule has 1 saturated heterocycles. The number of rotatable bonds is 4. The lowest BCUT2D eigenvalue weighted by Crippen LogP contribution is -2.61. The van der Waals surface area contributed by atoms with Crippen LogP contribution in [0.2, 0.25) is 0 Å². The molecule has 0 aromatic rings. The number of likely N-dealkylation sites (tertiary alicyclic amines) is 1. The second-order valence-corrected chi connectivity index (χ2v) is 5.54. The van der Waals surface area contributed by atoms with Crippen LogP contribution in [0.5, 0.6) is 0 Å². The number of nitrogens with two attached hydrogens (primary N) is 1. The highest BCUT2D eigenvalue weighted by molar-refractivity contribution is 5.14. The van der Waals surface area contributed by atoms with Gasteiger partial charge in [0.2, 0.25) is 0 Å². The molecule has 2 heterocycles. The van der Waals surface area contributed by atoms with Gasteiger partial charge in [-0.15, -0.1) is 0 Å². The third-order valence-corrected chi connectivity index (χ3v) is 4.06. The topological polar surface area (TPSA) is 50.5 Å². The van der Waals surface area contributed by atoms with E-state index < -0.39 is 0 Å². The first kappa shape index (κ1) is 12.9. The third kappa shape index (κ3) is 2.64. The molecule has 0 radical (unpaired) electrons. The minimum Gasteiger partial charge on any atom is -0.496 e. The van der Waals surface area contributed by atoms with Gasteiger partial charge in [-0.25, -0.2) is 5.43 Å². The van der Waals surface area contributed by atoms with Gasteiger partial charge in [0.05, 0.1) is 12.6 Å². The third-order valence-electron chi connectivity index (χ3n) is 4.06. The van der Waals surface area contributed by atoms with Gasteiger partial charge in [0.1, 0.15) is 5.76 Å². The van der Waals surface area contributed by atoms with E-state index in [0.29, 0.717) is 0 Å². The Morgan fingerprint density at radius 2 is 2.06 bits per heavy atom. The molecule has 1 atom stereocenters. The first-order valence-electron chi connectivity index (χ1n) is 6.70. The zero-order valence-electron chi connectivity index (χ0n) is 11.0. The second-order valence-electron chi connectivity index (χ2n) is 5.54. The molecule has 2 aliphatic heterocycles. The minimum absolute atomic E-state index is 0.00530. The Morgan fingerprint density at radius 3 is 2.59 bits per heavy atom. The molecule has 0 spiro atoms. The van der Waals surface area contributed by atoms with E-state index in [1.54, 1.807) is 0 Å². The van der Waals surface area contributed by atoms with Crippen molar-refractivity contribution in [2.24, 2.45) is 5.84 Å². The Morgan fingerprint density at radius 1 is 1.35 bits per heavy atom. The SMILES string of the molecule is CC(C)(C(NN)C1=CCCO1)N1CCCCC1. The van der Waals surface area contributed by atoms with Crippen LogP contribution in [0, 0.1) is 0 Å². The molecule has 98 valence electrons. The fourth-order valence-corrected chi connectivity index (χ4v) is 2.93. The summed E-state index contributed by atoms with van der Waals surface area (Å²) in [7, 11) is 0. The Labute approximate surface area is 104 Å². The first-order valence-corrected chi connectivity index (χ1v) is 6.70. The van der Waals surface area contributed by atoms with Crippen LogP contribution in [0.25, 0.3) is 0 Å². The highest BCUT2D eigenvalue weighted by Crippen LogP contribution is 2.29. The quantitative estimate of drug-likeness (QED) is 0.575. The molecular weight excluding hydrogens is 214 g/mol. The highest BCUT2D eigenvalue weighted by atomic mass is 16.5. The molecule has 1 fully saturated rings. The van der Waals surface area contributed by atoms with Crippen molar-refractivity contribution >= 4 is 0 Å². The molecule has 17 heavy (non-hydrogen) atoms. The lowest BCUT2D eigenvalue weighted by atomic mass is 9.89. The van der Waals surface area contributed by atoms with Crippen molar-refractivity contribution in [3.63, 3.8) is 0 Å². The zero-order chi connectivity index (χ0) is 12.3. The predicted molar refractivity (Wildman–Crippen MR) is 69.3 cm³/mol. The molecule has 1 unspecified atom stereocenters. The van der Waals surface area contributed by atoms with Gasteiger partial charge in [-0.3, -0.25) is 10.7 Å². The zero-order valence-corrected chi connectivity index (χ0v) is 11.0. The summed E-state index contributed by atoms with van der Waals surface area (Å²) in [6.45, 7) is 7.64. The average molecular weight is 239 g/mol. The van der Waals surface area contributed by atoms with Gasteiger partial charge < -0.3 is 4.74 Å². The summed E-state index contributed by atoms with van der Waals surface area (Å²) in [5.41, 5.74) is 2.95. The molecule has 4 heteroatoms. The Hall–Kier alpha value is -0.580. The molecule has 0 bridgehead atoms. The molecule has 0 aliphatic carbocycles. The summed E-state index contributed by atoms with van der Waals surface area (Å²) in [4.78, 5) is 2.53. The first-order chi connectivity index (χ1) is 8.16. The summed E-state index contributed by atoms with van der Waals surface area (Å²) in [6.07, 6.45) is 7.10. The van der Waals surface area contributed by atoms with Crippen LogP contribution in [0.15, 0.2) is 11.8 Å². The number of nitrogens with zero attached hydrogens (tertiary/aromatic N) is 1. The smallest absolute Gasteiger partial charge is 0.112 e. The van der Waals surface area contributed by atoms with Gasteiger partial charge in [-0.2, -0.15) is 0 Å². The van der Waals surface area contributed by atoms with Gasteiger partial charge in [0.15, 0.2) is 0 Å². The van der Waals surface area contributed by atoms with E-state index in [-0.39, 0.29) is 11.6 Å². The van der Waals surface area contributed by atoms with Crippen molar-refractivity contribution in [2.45, 2.75) is 51.1 Å². The maximum absolute atomic E-state index is 5.75. The lowest BCUT2D eigenvalue weighted by Gasteiger charge is -2.45. The van der Waals surface area contributed by atoms with Gasteiger partial charge >= 0.3 is 0 Å². The molecule has 0 saturated carbocycles. The van der Waals surface area contributed by atoms with Crippen molar-refractivity contribution in [3.8, 4) is 0 Å². The van der Waals surface area contributed by atoms with Crippen molar-refractivity contribution in [1.82, 2.24) is 10.3 Å². The molecule has 2 rings (SSSR count). The minimum atomic E-state index is 0.00530. The van der Waals surface area contributed by atoms with E-state index in [9.17, 15) is 0 Å². The van der Waals surface area contributed by atoms with Gasteiger partial charge in [0.25, 0.3) is 0 Å². The van der Waals surface area contributed by atoms with Crippen molar-refractivity contribution in [1.29, 1.82) is 0 Å². The van der Waals surface area contributed by atoms with Crippen LogP contribution in [-0.4, -0.2) is 36.2 Å². The van der Waals surface area contributed by atoms with Gasteiger partial charge in [0, 0.05) is 12.0 Å². The van der Waals surface area contributed by atoms with Crippen LogP contribution in [0.3, 0.4) is 0 Å². The molecular formula is C13H25N3O. The fraction of sp³-hybridized carbons (Fsp3) is 0.846. The maximum Gasteiger partial charge on any atom is 0.112 e. The number of piperidine rings is 1. The van der Waals surface area contributed by atoms with Gasteiger partial charge in [-0.05, 0) is 45.9 Å². The summed E-state index contributed by atoms with van der Waals surface area (Å²) in [5, 5.41) is 0. The van der Waals surface area contributed by atoms with E-state index in [1.807, 2.05) is 0 Å². The molecule has 0 aromatic carbocycles. The van der Waals surface area contributed by atoms with E-state index >= 15 is 0 Å². The van der Waals surface area contributed by atoms with E-state index in [2.05, 4.69) is 30.2 Å². The standard InChI is InChI=1S/C13H25N3O/c1-13(2,16-8-4-3-5-9-16)12(15-14)11-7-6-10-17-11/h7,12,15H,3-6,8-10,14H2,1-2H3. The number of hydrogen-bond acceptors (Lipinski definition) is 4. The summed E-state index contributed by atoms with van der Waals surface area (Å²) in [5.74, 6) is 6.76. The Bertz CT molecular complexity index is 282. The van der Waals surface area contributed by atoms with Crippen LogP contribution < -0.4 is 11.3 Å². The monoisotopic (exact) mass is 239 g/mol. The van der Waals surface area contributed by atoms with Crippen LogP contribution in [0.1, 0.15) is 39.5 Å². The Kier molecular flexibility index (Phi) is 4.07. The van der Waals surface area contributed by atoms with Gasteiger partial charge in [-0.1, -0.05) is 6.42 Å². The lowest BCUT2D eigenvalue weighted by molar-refractivity contribution is 0.0518. The maximum atomic E-state index is 5.75. The number of hydrazine groups is 1. The highest BCUT2D eigenvalue weighted by Gasteiger charge is 2.39. The molecule has 0 aromatic heterocycles. The Balaban J connectivity index is 2.09. The summed E-state index contributed by atoms with van der Waals surface area (Å²) in [6, 6.07) is 0.0862. The average Bonchev–Trinajstić information content (AvgIpc) is 2.84. The van der Waals surface area contributed by atoms with Crippen LogP contribution >= 0.6 is 0 Å². The second kappa shape index (κ2) is 5.38. The van der Waals surface area contributed by atoms with Crippen LogP contribution in [-0.2, 0) is 4.74 Å². The number of ether oxygens (including phenoxy) is 1. The fourth-order valence-electron chi connectivity index (χ4n) is 2.93. The van der Waals surface area contributed by atoms with E-state index in [0.717, 1.165) is 18.8 Å². The number of hydrogen-bond donors (Lipinski definition) is 2. The molecule has 3 N–H and O–H groups in total. The normalized spacial score (nSPS) is 24.3. The summed E-state index contributed by atoms with van der Waals surface area (Å²) < 4.78 is 5.68. The van der Waals surface area contributed by atoms with Crippen molar-refractivity contribution in [2.75, 3.05) is 19.7 Å². The summed E-state index contributed by atoms with van der Waals surface area (Å²) >= 11 is 0. The number of nitrogens with one attached hydrogen (secondary N) is 1. The molecule has 0 amide bonds. The van der Waals surface area contributed by atoms with Crippen molar-refractivity contribution < 1.29 is 4.74 Å². The van der Waals surface area contributed by atoms with Crippen LogP contribution in [0.4, 0.5) is 0 Å².